The summed E-state index contributed by atoms with van der Waals surface area (Å²) in [5.41, 5.74) is 17.7. The summed E-state index contributed by atoms with van der Waals surface area (Å²) >= 11 is 0. The van der Waals surface area contributed by atoms with Crippen LogP contribution in [-0.2, 0) is 10.8 Å². The second-order valence-corrected chi connectivity index (χ2v) is 15.0. The van der Waals surface area contributed by atoms with E-state index in [1.165, 1.54) is 83.4 Å². The second kappa shape index (κ2) is 10.3. The molecule has 240 valence electrons. The molecule has 0 saturated heterocycles. The van der Waals surface area contributed by atoms with Crippen molar-refractivity contribution in [1.82, 2.24) is 4.57 Å². The molecule has 0 spiro atoms. The largest absolute Gasteiger partial charge is 0.310 e. The van der Waals surface area contributed by atoms with Crippen LogP contribution in [0, 0.1) is 0 Å². The summed E-state index contributed by atoms with van der Waals surface area (Å²) in [5, 5.41) is 2.50. The van der Waals surface area contributed by atoms with E-state index in [0.29, 0.717) is 0 Å². The van der Waals surface area contributed by atoms with Crippen molar-refractivity contribution in [3.05, 3.63) is 180 Å². The number of hydrogen-bond acceptors (Lipinski definition) is 1. The molecule has 0 amide bonds. The van der Waals surface area contributed by atoms with Gasteiger partial charge in [0.05, 0.1) is 16.7 Å². The van der Waals surface area contributed by atoms with E-state index in [9.17, 15) is 0 Å². The fourth-order valence-corrected chi connectivity index (χ4v) is 9.22. The lowest BCUT2D eigenvalue weighted by Gasteiger charge is -2.33. The highest BCUT2D eigenvalue weighted by Gasteiger charge is 2.40. The van der Waals surface area contributed by atoms with Crippen molar-refractivity contribution in [3.8, 4) is 27.9 Å². The molecule has 0 bridgehead atoms. The smallest absolute Gasteiger partial charge is 0.0542 e. The van der Waals surface area contributed by atoms with Crippen molar-refractivity contribution in [2.75, 3.05) is 4.90 Å². The number of hydrogen-bond donors (Lipinski definition) is 0. The molecule has 0 aliphatic heterocycles. The number of benzene rings is 7. The highest BCUT2D eigenvalue weighted by molar-refractivity contribution is 6.11. The van der Waals surface area contributed by atoms with Crippen molar-refractivity contribution < 1.29 is 0 Å². The van der Waals surface area contributed by atoms with Gasteiger partial charge in [0.2, 0.25) is 0 Å². The number of aromatic nitrogens is 1. The van der Waals surface area contributed by atoms with Gasteiger partial charge in [-0.3, -0.25) is 0 Å². The summed E-state index contributed by atoms with van der Waals surface area (Å²) in [5.74, 6) is 0. The third kappa shape index (κ3) is 3.91. The summed E-state index contributed by atoms with van der Waals surface area (Å²) in [6, 6.07) is 58.5. The highest BCUT2D eigenvalue weighted by Crippen LogP contribution is 2.56. The monoisotopic (exact) mass is 642 g/mol. The topological polar surface area (TPSA) is 8.17 Å². The predicted octanol–water partition coefficient (Wildman–Crippen LogP) is 12.9. The molecule has 1 aromatic heterocycles. The normalized spacial score (nSPS) is 14.7. The van der Waals surface area contributed by atoms with Gasteiger partial charge in [-0.25, -0.2) is 0 Å². The SMILES string of the molecule is CC1(C)c2ccccc2-c2ccc(N(c3ccc4c(c3)c3ccccc3n4-c3ccccc3)c3cccc4c3C(C)(C)c3ccccc3-4)cc21. The Morgan fingerprint density at radius 2 is 1.00 bits per heavy atom. The van der Waals surface area contributed by atoms with Gasteiger partial charge in [0.25, 0.3) is 0 Å². The molecule has 0 saturated carbocycles. The first kappa shape index (κ1) is 29.1. The molecule has 2 aliphatic carbocycles. The van der Waals surface area contributed by atoms with E-state index in [-0.39, 0.29) is 10.8 Å². The van der Waals surface area contributed by atoms with Gasteiger partial charge in [0, 0.05) is 38.7 Å². The molecule has 8 aromatic rings. The van der Waals surface area contributed by atoms with Crippen molar-refractivity contribution in [2.45, 2.75) is 38.5 Å². The first-order chi connectivity index (χ1) is 24.3. The molecule has 50 heavy (non-hydrogen) atoms. The Morgan fingerprint density at radius 1 is 0.420 bits per heavy atom. The Balaban J connectivity index is 1.25. The standard InChI is InChI=1S/C48H38N2/c1-47(2)40-21-11-8-17-34(40)36-27-25-33(30-42(36)47)49(45-24-14-20-38-35-18-9-12-22-41(35)48(3,4)46(38)45)32-26-28-44-39(29-32)37-19-10-13-23-43(37)50(44)31-15-6-5-7-16-31/h5-30H,1-4H3. The molecule has 0 fully saturated rings. The van der Waals surface area contributed by atoms with Crippen molar-refractivity contribution in [2.24, 2.45) is 0 Å². The molecule has 0 unspecified atom stereocenters. The first-order valence-electron chi connectivity index (χ1n) is 17.7. The van der Waals surface area contributed by atoms with E-state index in [1.807, 2.05) is 0 Å². The highest BCUT2D eigenvalue weighted by atomic mass is 15.1. The number of fused-ring (bicyclic) bond motifs is 9. The molecular weight excluding hydrogens is 605 g/mol. The molecule has 2 nitrogen and oxygen atoms in total. The maximum Gasteiger partial charge on any atom is 0.0542 e. The average Bonchev–Trinajstić information content (AvgIpc) is 3.69. The van der Waals surface area contributed by atoms with Gasteiger partial charge in [0.1, 0.15) is 0 Å². The summed E-state index contributed by atoms with van der Waals surface area (Å²) in [7, 11) is 0. The van der Waals surface area contributed by atoms with Gasteiger partial charge in [-0.2, -0.15) is 0 Å². The van der Waals surface area contributed by atoms with Crippen LogP contribution in [0.5, 0.6) is 0 Å². The molecule has 10 rings (SSSR count). The van der Waals surface area contributed by atoms with Crippen LogP contribution in [-0.4, -0.2) is 4.57 Å². The Labute approximate surface area is 293 Å². The lowest BCUT2D eigenvalue weighted by molar-refractivity contribution is 0.658. The molecular formula is C48H38N2. The zero-order chi connectivity index (χ0) is 33.8. The van der Waals surface area contributed by atoms with E-state index in [4.69, 9.17) is 0 Å². The van der Waals surface area contributed by atoms with Crippen LogP contribution in [0.25, 0.3) is 49.7 Å². The maximum atomic E-state index is 2.53. The van der Waals surface area contributed by atoms with E-state index < -0.39 is 0 Å². The quantitative estimate of drug-likeness (QED) is 0.185. The molecule has 2 heteroatoms. The third-order valence-corrected chi connectivity index (χ3v) is 11.6. The molecule has 0 atom stereocenters. The number of nitrogens with zero attached hydrogens (tertiary/aromatic N) is 2. The average molecular weight is 643 g/mol. The second-order valence-electron chi connectivity index (χ2n) is 15.0. The van der Waals surface area contributed by atoms with Gasteiger partial charge in [0.15, 0.2) is 0 Å². The Bertz CT molecular complexity index is 2650. The number of anilines is 3. The zero-order valence-electron chi connectivity index (χ0n) is 28.9. The fourth-order valence-electron chi connectivity index (χ4n) is 9.22. The van der Waals surface area contributed by atoms with Crippen LogP contribution in [0.1, 0.15) is 49.9 Å². The van der Waals surface area contributed by atoms with Crippen LogP contribution >= 0.6 is 0 Å². The zero-order valence-corrected chi connectivity index (χ0v) is 28.9. The van der Waals surface area contributed by atoms with Gasteiger partial charge in [-0.1, -0.05) is 131 Å². The molecule has 0 N–H and O–H groups in total. The van der Waals surface area contributed by atoms with Gasteiger partial charge < -0.3 is 9.47 Å². The predicted molar refractivity (Wildman–Crippen MR) is 211 cm³/mol. The van der Waals surface area contributed by atoms with Gasteiger partial charge >= 0.3 is 0 Å². The summed E-state index contributed by atoms with van der Waals surface area (Å²) in [6.07, 6.45) is 0. The number of para-hydroxylation sites is 2. The van der Waals surface area contributed by atoms with Crippen molar-refractivity contribution >= 4 is 38.9 Å². The van der Waals surface area contributed by atoms with E-state index in [0.717, 1.165) is 5.69 Å². The Kier molecular flexibility index (Phi) is 6.01. The molecule has 0 radical (unpaired) electrons. The molecule has 1 heterocycles. The summed E-state index contributed by atoms with van der Waals surface area (Å²) in [4.78, 5) is 2.53. The Hall–Kier alpha value is -5.86. The van der Waals surface area contributed by atoms with Crippen LogP contribution in [0.3, 0.4) is 0 Å². The van der Waals surface area contributed by atoms with Crippen LogP contribution in [0.15, 0.2) is 158 Å². The number of rotatable bonds is 4. The minimum atomic E-state index is -0.166. The molecule has 2 aliphatic rings. The maximum absolute atomic E-state index is 2.53. The van der Waals surface area contributed by atoms with Crippen molar-refractivity contribution in [1.29, 1.82) is 0 Å². The minimum absolute atomic E-state index is 0.102. The molecule has 7 aromatic carbocycles. The summed E-state index contributed by atoms with van der Waals surface area (Å²) < 4.78 is 2.40. The Morgan fingerprint density at radius 3 is 1.80 bits per heavy atom. The van der Waals surface area contributed by atoms with Crippen LogP contribution < -0.4 is 4.90 Å². The van der Waals surface area contributed by atoms with Gasteiger partial charge in [-0.15, -0.1) is 0 Å². The van der Waals surface area contributed by atoms with E-state index >= 15 is 0 Å². The fraction of sp³-hybridized carbons (Fsp3) is 0.125. The van der Waals surface area contributed by atoms with Crippen molar-refractivity contribution in [3.63, 3.8) is 0 Å². The third-order valence-electron chi connectivity index (χ3n) is 11.6. The summed E-state index contributed by atoms with van der Waals surface area (Å²) in [6.45, 7) is 9.52. The lowest BCUT2D eigenvalue weighted by Crippen LogP contribution is -2.21. The minimum Gasteiger partial charge on any atom is -0.310 e. The van der Waals surface area contributed by atoms with E-state index in [2.05, 4.69) is 195 Å². The van der Waals surface area contributed by atoms with Crippen LogP contribution in [0.2, 0.25) is 0 Å². The van der Waals surface area contributed by atoms with Crippen LogP contribution in [0.4, 0.5) is 17.1 Å². The lowest BCUT2D eigenvalue weighted by atomic mass is 9.81. The van der Waals surface area contributed by atoms with E-state index in [1.54, 1.807) is 0 Å². The first-order valence-corrected chi connectivity index (χ1v) is 17.7. The van der Waals surface area contributed by atoms with Gasteiger partial charge in [-0.05, 0) is 99.1 Å².